The van der Waals surface area contributed by atoms with Gasteiger partial charge in [0.15, 0.2) is 0 Å². The van der Waals surface area contributed by atoms with E-state index in [-0.39, 0.29) is 18.1 Å². The second kappa shape index (κ2) is 7.50. The number of nitrogens with one attached hydrogen (secondary N) is 1. The number of nitrogens with zero attached hydrogens (tertiary/aromatic N) is 2. The van der Waals surface area contributed by atoms with Crippen molar-refractivity contribution in [3.8, 4) is 0 Å². The number of halogens is 5. The van der Waals surface area contributed by atoms with E-state index in [1.54, 1.807) is 0 Å². The molecule has 9 heteroatoms. The zero-order valence-corrected chi connectivity index (χ0v) is 14.1. The number of piperidine rings is 1. The molecule has 1 aromatic heterocycles. The van der Waals surface area contributed by atoms with Crippen LogP contribution in [0.15, 0.2) is 36.5 Å². The van der Waals surface area contributed by atoms with E-state index >= 15 is 0 Å². The molecule has 144 valence electrons. The van der Waals surface area contributed by atoms with Crippen LogP contribution < -0.4 is 10.2 Å². The number of hydrogen-bond acceptors (Lipinski definition) is 3. The van der Waals surface area contributed by atoms with Gasteiger partial charge in [0.1, 0.15) is 17.5 Å². The number of carbonyl (C=O) groups is 1. The van der Waals surface area contributed by atoms with Crippen LogP contribution in [0, 0.1) is 17.6 Å². The summed E-state index contributed by atoms with van der Waals surface area (Å²) in [6, 6.07) is 4.91. The summed E-state index contributed by atoms with van der Waals surface area (Å²) in [6.45, 7) is 0.351. The molecule has 0 saturated carbocycles. The largest absolute Gasteiger partial charge is 0.419 e. The number of benzene rings is 1. The van der Waals surface area contributed by atoms with Crippen LogP contribution in [0.4, 0.5) is 33.5 Å². The first-order valence-corrected chi connectivity index (χ1v) is 8.29. The molecule has 1 aliphatic rings. The van der Waals surface area contributed by atoms with Crippen LogP contribution in [0.3, 0.4) is 0 Å². The second-order valence-corrected chi connectivity index (χ2v) is 6.27. The average molecular weight is 385 g/mol. The van der Waals surface area contributed by atoms with E-state index in [1.165, 1.54) is 17.2 Å². The molecule has 1 unspecified atom stereocenters. The summed E-state index contributed by atoms with van der Waals surface area (Å²) in [7, 11) is 0. The summed E-state index contributed by atoms with van der Waals surface area (Å²) in [5.74, 6) is -3.10. The van der Waals surface area contributed by atoms with Gasteiger partial charge in [-0.05, 0) is 37.1 Å². The fourth-order valence-electron chi connectivity index (χ4n) is 3.08. The van der Waals surface area contributed by atoms with Crippen molar-refractivity contribution in [3.63, 3.8) is 0 Å². The lowest BCUT2D eigenvalue weighted by Gasteiger charge is -2.34. The maximum absolute atomic E-state index is 13.7. The Balaban J connectivity index is 1.76. The third-order valence-electron chi connectivity index (χ3n) is 4.37. The van der Waals surface area contributed by atoms with E-state index in [2.05, 4.69) is 10.3 Å². The van der Waals surface area contributed by atoms with E-state index in [1.807, 2.05) is 0 Å². The Kier molecular flexibility index (Phi) is 5.29. The lowest BCUT2D eigenvalue weighted by molar-refractivity contribution is -0.137. The summed E-state index contributed by atoms with van der Waals surface area (Å²) >= 11 is 0. The SMILES string of the molecule is O=C(Nc1ccc(F)cc1F)C1CCCN(c2ncccc2C(F)(F)F)C1. The minimum Gasteiger partial charge on any atom is -0.355 e. The molecule has 0 radical (unpaired) electrons. The summed E-state index contributed by atoms with van der Waals surface area (Å²) in [5.41, 5.74) is -1.04. The van der Waals surface area contributed by atoms with Crippen molar-refractivity contribution in [3.05, 3.63) is 53.7 Å². The third kappa shape index (κ3) is 4.35. The van der Waals surface area contributed by atoms with Crippen LogP contribution in [-0.4, -0.2) is 24.0 Å². The summed E-state index contributed by atoms with van der Waals surface area (Å²) < 4.78 is 66.3. The predicted molar refractivity (Wildman–Crippen MR) is 89.2 cm³/mol. The Bertz CT molecular complexity index is 840. The molecule has 27 heavy (non-hydrogen) atoms. The highest BCUT2D eigenvalue weighted by Gasteiger charge is 2.37. The number of rotatable bonds is 3. The lowest BCUT2D eigenvalue weighted by atomic mass is 9.96. The molecular formula is C18H16F5N3O. The molecule has 2 heterocycles. The van der Waals surface area contributed by atoms with Crippen LogP contribution in [0.1, 0.15) is 18.4 Å². The molecule has 1 aliphatic heterocycles. The van der Waals surface area contributed by atoms with Gasteiger partial charge in [-0.2, -0.15) is 13.2 Å². The van der Waals surface area contributed by atoms with E-state index in [4.69, 9.17) is 0 Å². The molecule has 4 nitrogen and oxygen atoms in total. The average Bonchev–Trinajstić information content (AvgIpc) is 2.63. The topological polar surface area (TPSA) is 45.2 Å². The number of alkyl halides is 3. The molecule has 1 N–H and O–H groups in total. The zero-order valence-electron chi connectivity index (χ0n) is 14.1. The normalized spacial score (nSPS) is 17.7. The Morgan fingerprint density at radius 2 is 2.00 bits per heavy atom. The smallest absolute Gasteiger partial charge is 0.355 e. The van der Waals surface area contributed by atoms with Crippen LogP contribution in [-0.2, 0) is 11.0 Å². The van der Waals surface area contributed by atoms with E-state index in [0.717, 1.165) is 18.2 Å². The number of anilines is 2. The van der Waals surface area contributed by atoms with Gasteiger partial charge in [0.25, 0.3) is 0 Å². The molecule has 1 amide bonds. The fraction of sp³-hybridized carbons (Fsp3) is 0.333. The van der Waals surface area contributed by atoms with Gasteiger partial charge in [-0.3, -0.25) is 4.79 Å². The molecule has 3 rings (SSSR count). The molecule has 0 spiro atoms. The van der Waals surface area contributed by atoms with Gasteiger partial charge in [-0.1, -0.05) is 0 Å². The highest BCUT2D eigenvalue weighted by Crippen LogP contribution is 2.36. The monoisotopic (exact) mass is 385 g/mol. The molecule has 0 aliphatic carbocycles. The van der Waals surface area contributed by atoms with Crippen molar-refractivity contribution in [2.24, 2.45) is 5.92 Å². The van der Waals surface area contributed by atoms with Crippen LogP contribution >= 0.6 is 0 Å². The first-order valence-electron chi connectivity index (χ1n) is 8.29. The molecular weight excluding hydrogens is 369 g/mol. The maximum Gasteiger partial charge on any atom is 0.419 e. The number of carbonyl (C=O) groups excluding carboxylic acids is 1. The predicted octanol–water partition coefficient (Wildman–Crippen LogP) is 4.23. The summed E-state index contributed by atoms with van der Waals surface area (Å²) in [4.78, 5) is 17.7. The van der Waals surface area contributed by atoms with Crippen molar-refractivity contribution < 1.29 is 26.7 Å². The van der Waals surface area contributed by atoms with Gasteiger partial charge in [0, 0.05) is 25.4 Å². The van der Waals surface area contributed by atoms with Crippen molar-refractivity contribution in [2.45, 2.75) is 19.0 Å². The standard InChI is InChI=1S/C18H16F5N3O/c19-12-5-6-15(14(20)9-12)25-17(27)11-3-2-8-26(10-11)16-13(18(21,22)23)4-1-7-24-16/h1,4-7,9,11H,2-3,8,10H2,(H,25,27). The fourth-order valence-corrected chi connectivity index (χ4v) is 3.08. The molecule has 0 bridgehead atoms. The van der Waals surface area contributed by atoms with Gasteiger partial charge in [-0.25, -0.2) is 13.8 Å². The van der Waals surface area contributed by atoms with Gasteiger partial charge in [0.2, 0.25) is 5.91 Å². The Labute approximate surface area is 152 Å². The molecule has 1 aromatic carbocycles. The zero-order chi connectivity index (χ0) is 19.6. The van der Waals surface area contributed by atoms with Gasteiger partial charge < -0.3 is 10.2 Å². The minimum atomic E-state index is -4.56. The Morgan fingerprint density at radius 1 is 1.22 bits per heavy atom. The number of pyridine rings is 1. The van der Waals surface area contributed by atoms with Crippen molar-refractivity contribution in [2.75, 3.05) is 23.3 Å². The molecule has 1 fully saturated rings. The van der Waals surface area contributed by atoms with Gasteiger partial charge in [0.05, 0.1) is 17.2 Å². The van der Waals surface area contributed by atoms with Gasteiger partial charge >= 0.3 is 6.18 Å². The third-order valence-corrected chi connectivity index (χ3v) is 4.37. The first-order chi connectivity index (χ1) is 12.8. The molecule has 2 aromatic rings. The number of aromatic nitrogens is 1. The van der Waals surface area contributed by atoms with Crippen LogP contribution in [0.5, 0.6) is 0 Å². The van der Waals surface area contributed by atoms with E-state index in [0.29, 0.717) is 25.5 Å². The summed E-state index contributed by atoms with van der Waals surface area (Å²) in [5, 5.41) is 2.37. The Morgan fingerprint density at radius 3 is 2.70 bits per heavy atom. The molecule has 1 atom stereocenters. The Hall–Kier alpha value is -2.71. The van der Waals surface area contributed by atoms with Gasteiger partial charge in [-0.15, -0.1) is 0 Å². The molecule has 1 saturated heterocycles. The second-order valence-electron chi connectivity index (χ2n) is 6.27. The summed E-state index contributed by atoms with van der Waals surface area (Å²) in [6.07, 6.45) is -2.37. The lowest BCUT2D eigenvalue weighted by Crippen LogP contribution is -2.42. The van der Waals surface area contributed by atoms with Crippen LogP contribution in [0.2, 0.25) is 0 Å². The van der Waals surface area contributed by atoms with E-state index in [9.17, 15) is 26.7 Å². The van der Waals surface area contributed by atoms with E-state index < -0.39 is 35.2 Å². The van der Waals surface area contributed by atoms with Crippen LogP contribution in [0.25, 0.3) is 0 Å². The van der Waals surface area contributed by atoms with Crippen molar-refractivity contribution >= 4 is 17.4 Å². The number of hydrogen-bond donors (Lipinski definition) is 1. The minimum absolute atomic E-state index is 0.0226. The number of amides is 1. The maximum atomic E-state index is 13.7. The highest BCUT2D eigenvalue weighted by molar-refractivity contribution is 5.93. The highest BCUT2D eigenvalue weighted by atomic mass is 19.4. The quantitative estimate of drug-likeness (QED) is 0.805. The first kappa shape index (κ1) is 19.1. The van der Waals surface area contributed by atoms with Crippen molar-refractivity contribution in [1.82, 2.24) is 4.98 Å². The van der Waals surface area contributed by atoms with Crippen molar-refractivity contribution in [1.29, 1.82) is 0 Å².